The summed E-state index contributed by atoms with van der Waals surface area (Å²) in [6.45, 7) is 0. The molecule has 0 aromatic carbocycles. The standard InChI is InChI=1S/C10H10Cl3NO/c11-7(10(12)13)8-6-4-1-2-5(3-4)9(6)15-14-8/h4-6,9H,1-3H2. The molecule has 2 aliphatic carbocycles. The third-order valence-corrected chi connectivity index (χ3v) is 4.77. The van der Waals surface area contributed by atoms with Gasteiger partial charge in [0.2, 0.25) is 0 Å². The summed E-state index contributed by atoms with van der Waals surface area (Å²) in [5.74, 6) is 1.63. The summed E-state index contributed by atoms with van der Waals surface area (Å²) in [7, 11) is 0. The first-order valence-electron chi connectivity index (χ1n) is 5.13. The van der Waals surface area contributed by atoms with Gasteiger partial charge in [0.05, 0.1) is 5.03 Å². The minimum Gasteiger partial charge on any atom is -0.391 e. The molecule has 5 heteroatoms. The molecule has 0 aromatic rings. The first kappa shape index (κ1) is 10.2. The van der Waals surface area contributed by atoms with Crippen LogP contribution in [-0.4, -0.2) is 11.8 Å². The highest BCUT2D eigenvalue weighted by atomic mass is 35.5. The summed E-state index contributed by atoms with van der Waals surface area (Å²) in [5.41, 5.74) is 0.758. The number of fused-ring (bicyclic) bond motifs is 5. The molecule has 0 saturated heterocycles. The third kappa shape index (κ3) is 1.42. The Morgan fingerprint density at radius 3 is 2.67 bits per heavy atom. The minimum atomic E-state index is 0.0856. The van der Waals surface area contributed by atoms with Crippen molar-refractivity contribution < 1.29 is 4.84 Å². The largest absolute Gasteiger partial charge is 0.391 e. The molecule has 3 aliphatic rings. The molecule has 15 heavy (non-hydrogen) atoms. The van der Waals surface area contributed by atoms with Crippen LogP contribution in [0.4, 0.5) is 0 Å². The second kappa shape index (κ2) is 3.54. The van der Waals surface area contributed by atoms with E-state index in [9.17, 15) is 0 Å². The average Bonchev–Trinajstić information content (AvgIpc) is 2.88. The summed E-state index contributed by atoms with van der Waals surface area (Å²) in [5, 5.41) is 4.40. The van der Waals surface area contributed by atoms with E-state index < -0.39 is 0 Å². The molecule has 4 atom stereocenters. The lowest BCUT2D eigenvalue weighted by Gasteiger charge is -2.22. The molecule has 2 nitrogen and oxygen atoms in total. The number of allylic oxidation sites excluding steroid dienone is 1. The third-order valence-electron chi connectivity index (χ3n) is 3.82. The van der Waals surface area contributed by atoms with Gasteiger partial charge in [-0.2, -0.15) is 0 Å². The zero-order valence-corrected chi connectivity index (χ0v) is 10.2. The molecule has 1 aliphatic heterocycles. The van der Waals surface area contributed by atoms with Crippen molar-refractivity contribution in [2.24, 2.45) is 22.9 Å². The fraction of sp³-hybridized carbons (Fsp3) is 0.700. The summed E-state index contributed by atoms with van der Waals surface area (Å²) >= 11 is 17.4. The van der Waals surface area contributed by atoms with E-state index >= 15 is 0 Å². The van der Waals surface area contributed by atoms with Crippen LogP contribution in [0, 0.1) is 17.8 Å². The maximum Gasteiger partial charge on any atom is 0.139 e. The predicted molar refractivity (Wildman–Crippen MR) is 61.2 cm³/mol. The quantitative estimate of drug-likeness (QED) is 0.709. The Hall–Kier alpha value is 0.0800. The van der Waals surface area contributed by atoms with Crippen LogP contribution in [0.2, 0.25) is 0 Å². The van der Waals surface area contributed by atoms with Gasteiger partial charge in [-0.05, 0) is 31.1 Å². The van der Waals surface area contributed by atoms with Crippen molar-refractivity contribution in [2.75, 3.05) is 0 Å². The van der Waals surface area contributed by atoms with Crippen LogP contribution < -0.4 is 0 Å². The van der Waals surface area contributed by atoms with E-state index in [1.54, 1.807) is 0 Å². The fourth-order valence-electron chi connectivity index (χ4n) is 3.23. The smallest absolute Gasteiger partial charge is 0.139 e. The van der Waals surface area contributed by atoms with Crippen LogP contribution in [0.25, 0.3) is 0 Å². The monoisotopic (exact) mass is 265 g/mol. The van der Waals surface area contributed by atoms with Gasteiger partial charge in [0.1, 0.15) is 16.3 Å². The Labute approximate surface area is 103 Å². The van der Waals surface area contributed by atoms with Crippen LogP contribution in [0.1, 0.15) is 19.3 Å². The van der Waals surface area contributed by atoms with Crippen LogP contribution in [-0.2, 0) is 4.84 Å². The van der Waals surface area contributed by atoms with Crippen LogP contribution >= 0.6 is 34.8 Å². The molecule has 2 saturated carbocycles. The van der Waals surface area contributed by atoms with Gasteiger partial charge in [0, 0.05) is 5.92 Å². The molecule has 0 radical (unpaired) electrons. The lowest BCUT2D eigenvalue weighted by molar-refractivity contribution is 0.0275. The Morgan fingerprint density at radius 2 is 1.93 bits per heavy atom. The predicted octanol–water partition coefficient (Wildman–Crippen LogP) is 3.67. The van der Waals surface area contributed by atoms with Gasteiger partial charge in [-0.3, -0.25) is 0 Å². The number of nitrogens with zero attached hydrogens (tertiary/aromatic N) is 1. The molecule has 2 bridgehead atoms. The summed E-state index contributed by atoms with van der Waals surface area (Å²) in [4.78, 5) is 5.45. The van der Waals surface area contributed by atoms with Crippen LogP contribution in [0.3, 0.4) is 0 Å². The van der Waals surface area contributed by atoms with Gasteiger partial charge in [0.15, 0.2) is 0 Å². The van der Waals surface area contributed by atoms with E-state index in [4.69, 9.17) is 39.6 Å². The van der Waals surface area contributed by atoms with Gasteiger partial charge >= 0.3 is 0 Å². The lowest BCUT2D eigenvalue weighted by atomic mass is 9.83. The van der Waals surface area contributed by atoms with E-state index in [1.807, 2.05) is 0 Å². The SMILES string of the molecule is ClC(Cl)=C(Cl)C1=NOC2C3CCC(C3)C12. The number of hydrogen-bond acceptors (Lipinski definition) is 2. The van der Waals surface area contributed by atoms with Crippen molar-refractivity contribution in [3.63, 3.8) is 0 Å². The highest BCUT2D eigenvalue weighted by Gasteiger charge is 2.54. The maximum absolute atomic E-state index is 6.03. The minimum absolute atomic E-state index is 0.0856. The first-order chi connectivity index (χ1) is 7.18. The second-order valence-corrected chi connectivity index (χ2v) is 5.81. The number of oxime groups is 1. The number of hydrogen-bond donors (Lipinski definition) is 0. The van der Waals surface area contributed by atoms with E-state index in [0.29, 0.717) is 22.8 Å². The van der Waals surface area contributed by atoms with E-state index in [-0.39, 0.29) is 10.6 Å². The molecule has 2 fully saturated rings. The first-order valence-corrected chi connectivity index (χ1v) is 6.26. The number of rotatable bonds is 1. The Bertz CT molecular complexity index is 362. The zero-order valence-electron chi connectivity index (χ0n) is 7.92. The maximum atomic E-state index is 6.03. The number of halogens is 3. The van der Waals surface area contributed by atoms with Gasteiger partial charge in [-0.15, -0.1) is 0 Å². The molecule has 3 rings (SSSR count). The molecule has 0 aromatic heterocycles. The molecule has 0 N–H and O–H groups in total. The average molecular weight is 267 g/mol. The van der Waals surface area contributed by atoms with E-state index in [0.717, 1.165) is 5.71 Å². The zero-order chi connectivity index (χ0) is 10.6. The van der Waals surface area contributed by atoms with Crippen molar-refractivity contribution >= 4 is 40.5 Å². The summed E-state index contributed by atoms with van der Waals surface area (Å²) in [6, 6.07) is 0. The molecular formula is C10H10Cl3NO. The van der Waals surface area contributed by atoms with Gasteiger partial charge in [-0.1, -0.05) is 40.0 Å². The van der Waals surface area contributed by atoms with Crippen molar-refractivity contribution in [2.45, 2.75) is 25.4 Å². The van der Waals surface area contributed by atoms with Gasteiger partial charge in [-0.25, -0.2) is 0 Å². The van der Waals surface area contributed by atoms with Crippen LogP contribution in [0.5, 0.6) is 0 Å². The van der Waals surface area contributed by atoms with Crippen molar-refractivity contribution in [1.82, 2.24) is 0 Å². The van der Waals surface area contributed by atoms with Crippen molar-refractivity contribution in [3.8, 4) is 0 Å². The molecule has 0 amide bonds. The highest BCUT2D eigenvalue weighted by molar-refractivity contribution is 6.63. The molecule has 1 heterocycles. The van der Waals surface area contributed by atoms with Crippen LogP contribution in [0.15, 0.2) is 14.7 Å². The van der Waals surface area contributed by atoms with Crippen molar-refractivity contribution in [1.29, 1.82) is 0 Å². The van der Waals surface area contributed by atoms with Gasteiger partial charge < -0.3 is 4.84 Å². The Morgan fingerprint density at radius 1 is 1.20 bits per heavy atom. The summed E-state index contributed by atoms with van der Waals surface area (Å²) in [6.07, 6.45) is 3.96. The molecular weight excluding hydrogens is 256 g/mol. The normalized spacial score (nSPS) is 41.1. The van der Waals surface area contributed by atoms with E-state index in [2.05, 4.69) is 5.16 Å². The highest BCUT2D eigenvalue weighted by Crippen LogP contribution is 2.53. The molecule has 0 spiro atoms. The topological polar surface area (TPSA) is 21.6 Å². The summed E-state index contributed by atoms with van der Waals surface area (Å²) < 4.78 is 0.0856. The fourth-order valence-corrected chi connectivity index (χ4v) is 3.59. The Balaban J connectivity index is 1.92. The van der Waals surface area contributed by atoms with Gasteiger partial charge in [0.25, 0.3) is 0 Å². The van der Waals surface area contributed by atoms with E-state index in [1.165, 1.54) is 19.3 Å². The van der Waals surface area contributed by atoms with Crippen molar-refractivity contribution in [3.05, 3.63) is 9.52 Å². The second-order valence-electron chi connectivity index (χ2n) is 4.48. The lowest BCUT2D eigenvalue weighted by Crippen LogP contribution is -2.29. The molecule has 82 valence electrons. The Kier molecular flexibility index (Phi) is 2.42. The molecule has 4 unspecified atom stereocenters.